The average Bonchev–Trinajstić information content (AvgIpc) is 3.18. The van der Waals surface area contributed by atoms with Crippen molar-refractivity contribution in [1.29, 1.82) is 0 Å². The van der Waals surface area contributed by atoms with Crippen molar-refractivity contribution in [1.82, 2.24) is 4.98 Å². The highest BCUT2D eigenvalue weighted by atomic mass is 16.3. The van der Waals surface area contributed by atoms with Crippen LogP contribution in [-0.4, -0.2) is 10.9 Å². The lowest BCUT2D eigenvalue weighted by Crippen LogP contribution is -2.30. The Morgan fingerprint density at radius 2 is 2.00 bits per heavy atom. The number of aryl methyl sites for hydroxylation is 1. The van der Waals surface area contributed by atoms with Crippen LogP contribution in [0.2, 0.25) is 0 Å². The van der Waals surface area contributed by atoms with Gasteiger partial charge < -0.3 is 9.32 Å². The second-order valence-electron chi connectivity index (χ2n) is 5.66. The fourth-order valence-electron chi connectivity index (χ4n) is 2.58. The van der Waals surface area contributed by atoms with Gasteiger partial charge in [-0.15, -0.1) is 6.42 Å². The van der Waals surface area contributed by atoms with E-state index in [2.05, 4.69) is 10.9 Å². The number of amides is 1. The lowest BCUT2D eigenvalue weighted by Gasteiger charge is -2.23. The van der Waals surface area contributed by atoms with E-state index in [0.29, 0.717) is 19.4 Å². The number of carbonyl (C=O) groups excluding carboxylic acids is 1. The highest BCUT2D eigenvalue weighted by Crippen LogP contribution is 2.20. The van der Waals surface area contributed by atoms with Gasteiger partial charge in [-0.05, 0) is 53.9 Å². The summed E-state index contributed by atoms with van der Waals surface area (Å²) in [6.07, 6.45) is 13.3. The summed E-state index contributed by atoms with van der Waals surface area (Å²) in [6, 6.07) is 13.2. The van der Waals surface area contributed by atoms with Gasteiger partial charge in [-0.1, -0.05) is 12.0 Å². The van der Waals surface area contributed by atoms with E-state index in [1.807, 2.05) is 42.5 Å². The van der Waals surface area contributed by atoms with Crippen molar-refractivity contribution in [3.8, 4) is 12.3 Å². The van der Waals surface area contributed by atoms with Crippen molar-refractivity contribution < 1.29 is 9.21 Å². The minimum atomic E-state index is 0.0344. The SMILES string of the molecule is C#Cc1cccc(N(Cc2ccncc2)C(=O)CCc2ccoc2)c1. The summed E-state index contributed by atoms with van der Waals surface area (Å²) in [5.41, 5.74) is 3.57. The first kappa shape index (κ1) is 16.5. The summed E-state index contributed by atoms with van der Waals surface area (Å²) in [5, 5.41) is 0. The number of benzene rings is 1. The molecular weight excluding hydrogens is 312 g/mol. The predicted molar refractivity (Wildman–Crippen MR) is 96.8 cm³/mol. The van der Waals surface area contributed by atoms with E-state index >= 15 is 0 Å². The summed E-state index contributed by atoms with van der Waals surface area (Å²) in [5.74, 6) is 2.65. The first-order chi connectivity index (χ1) is 12.3. The molecule has 0 radical (unpaired) electrons. The van der Waals surface area contributed by atoms with Gasteiger partial charge in [0.15, 0.2) is 0 Å². The van der Waals surface area contributed by atoms with Crippen LogP contribution in [0.4, 0.5) is 5.69 Å². The summed E-state index contributed by atoms with van der Waals surface area (Å²) in [7, 11) is 0. The molecule has 0 N–H and O–H groups in total. The number of aromatic nitrogens is 1. The quantitative estimate of drug-likeness (QED) is 0.646. The largest absolute Gasteiger partial charge is 0.472 e. The van der Waals surface area contributed by atoms with E-state index in [-0.39, 0.29) is 5.91 Å². The molecule has 3 aromatic rings. The molecule has 0 saturated heterocycles. The van der Waals surface area contributed by atoms with Crippen LogP contribution >= 0.6 is 0 Å². The van der Waals surface area contributed by atoms with Crippen molar-refractivity contribution >= 4 is 11.6 Å². The topological polar surface area (TPSA) is 46.3 Å². The molecule has 0 unspecified atom stereocenters. The summed E-state index contributed by atoms with van der Waals surface area (Å²) in [6.45, 7) is 0.473. The molecule has 0 fully saturated rings. The Morgan fingerprint density at radius 1 is 1.16 bits per heavy atom. The lowest BCUT2D eigenvalue weighted by atomic mass is 10.1. The Bertz CT molecular complexity index is 864. The van der Waals surface area contributed by atoms with Crippen molar-refractivity contribution in [2.75, 3.05) is 4.90 Å². The number of hydrogen-bond donors (Lipinski definition) is 0. The molecular formula is C21H18N2O2. The van der Waals surface area contributed by atoms with Crippen molar-refractivity contribution in [2.24, 2.45) is 0 Å². The number of furan rings is 1. The Labute approximate surface area is 147 Å². The van der Waals surface area contributed by atoms with Gasteiger partial charge in [-0.25, -0.2) is 0 Å². The van der Waals surface area contributed by atoms with Crippen LogP contribution < -0.4 is 4.90 Å². The highest BCUT2D eigenvalue weighted by Gasteiger charge is 2.17. The third-order valence-corrected chi connectivity index (χ3v) is 3.92. The minimum absolute atomic E-state index is 0.0344. The maximum atomic E-state index is 12.9. The molecule has 0 aliphatic rings. The molecule has 0 bridgehead atoms. The van der Waals surface area contributed by atoms with Gasteiger partial charge in [0.25, 0.3) is 0 Å². The van der Waals surface area contributed by atoms with E-state index < -0.39 is 0 Å². The van der Waals surface area contributed by atoms with Gasteiger partial charge in [0.2, 0.25) is 5.91 Å². The minimum Gasteiger partial charge on any atom is -0.472 e. The maximum absolute atomic E-state index is 12.9. The Balaban J connectivity index is 1.82. The van der Waals surface area contributed by atoms with Crippen molar-refractivity contribution in [2.45, 2.75) is 19.4 Å². The molecule has 25 heavy (non-hydrogen) atoms. The van der Waals surface area contributed by atoms with Crippen molar-refractivity contribution in [3.05, 3.63) is 84.1 Å². The third-order valence-electron chi connectivity index (χ3n) is 3.92. The molecule has 2 aromatic heterocycles. The smallest absolute Gasteiger partial charge is 0.227 e. The lowest BCUT2D eigenvalue weighted by molar-refractivity contribution is -0.118. The molecule has 2 heterocycles. The fraction of sp³-hybridized carbons (Fsp3) is 0.143. The summed E-state index contributed by atoms with van der Waals surface area (Å²) in [4.78, 5) is 18.7. The molecule has 0 aliphatic heterocycles. The monoisotopic (exact) mass is 330 g/mol. The van der Waals surface area contributed by atoms with Crippen LogP contribution in [0.3, 0.4) is 0 Å². The standard InChI is InChI=1S/C21H18N2O2/c1-2-17-4-3-5-20(14-17)23(15-18-8-11-22-12-9-18)21(24)7-6-19-10-13-25-16-19/h1,3-5,8-14,16H,6-7,15H2. The van der Waals surface area contributed by atoms with Crippen LogP contribution in [0.1, 0.15) is 23.1 Å². The molecule has 0 saturated carbocycles. The Hall–Kier alpha value is -3.32. The molecule has 4 nitrogen and oxygen atoms in total. The van der Waals surface area contributed by atoms with Gasteiger partial charge >= 0.3 is 0 Å². The zero-order chi connectivity index (χ0) is 17.5. The number of anilines is 1. The second-order valence-corrected chi connectivity index (χ2v) is 5.66. The van der Waals surface area contributed by atoms with Gasteiger partial charge in [0, 0.05) is 30.1 Å². The predicted octanol–water partition coefficient (Wildman–Crippen LogP) is 3.82. The summed E-state index contributed by atoms with van der Waals surface area (Å²) < 4.78 is 5.06. The second kappa shape index (κ2) is 7.98. The zero-order valence-electron chi connectivity index (χ0n) is 13.8. The molecule has 3 rings (SSSR count). The number of nitrogens with zero attached hydrogens (tertiary/aromatic N) is 2. The van der Waals surface area contributed by atoms with Gasteiger partial charge in [0.1, 0.15) is 0 Å². The number of rotatable bonds is 6. The van der Waals surface area contributed by atoms with E-state index in [0.717, 1.165) is 22.4 Å². The van der Waals surface area contributed by atoms with E-state index in [4.69, 9.17) is 10.8 Å². The number of carbonyl (C=O) groups is 1. The van der Waals surface area contributed by atoms with Gasteiger partial charge in [0.05, 0.1) is 19.1 Å². The van der Waals surface area contributed by atoms with Crippen LogP contribution in [0.25, 0.3) is 0 Å². The maximum Gasteiger partial charge on any atom is 0.227 e. The van der Waals surface area contributed by atoms with Crippen molar-refractivity contribution in [3.63, 3.8) is 0 Å². The molecule has 1 aromatic carbocycles. The van der Waals surface area contributed by atoms with Crippen LogP contribution in [0.5, 0.6) is 0 Å². The molecule has 0 spiro atoms. The third kappa shape index (κ3) is 4.36. The number of hydrogen-bond acceptors (Lipinski definition) is 3. The van der Waals surface area contributed by atoms with Gasteiger partial charge in [-0.3, -0.25) is 9.78 Å². The normalized spacial score (nSPS) is 10.2. The van der Waals surface area contributed by atoms with Crippen LogP contribution in [-0.2, 0) is 17.8 Å². The first-order valence-corrected chi connectivity index (χ1v) is 8.03. The molecule has 1 amide bonds. The summed E-state index contributed by atoms with van der Waals surface area (Å²) >= 11 is 0. The van der Waals surface area contributed by atoms with Crippen LogP contribution in [0, 0.1) is 12.3 Å². The first-order valence-electron chi connectivity index (χ1n) is 8.03. The number of terminal acetylenes is 1. The highest BCUT2D eigenvalue weighted by molar-refractivity contribution is 5.93. The molecule has 0 atom stereocenters. The van der Waals surface area contributed by atoms with Crippen LogP contribution in [0.15, 0.2) is 71.8 Å². The van der Waals surface area contributed by atoms with Gasteiger partial charge in [-0.2, -0.15) is 0 Å². The van der Waals surface area contributed by atoms with E-state index in [1.165, 1.54) is 0 Å². The van der Waals surface area contributed by atoms with E-state index in [9.17, 15) is 4.79 Å². The molecule has 124 valence electrons. The zero-order valence-corrected chi connectivity index (χ0v) is 13.8. The fourth-order valence-corrected chi connectivity index (χ4v) is 2.58. The average molecular weight is 330 g/mol. The Kier molecular flexibility index (Phi) is 5.28. The molecule has 4 heteroatoms. The Morgan fingerprint density at radius 3 is 2.72 bits per heavy atom. The molecule has 0 aliphatic carbocycles. The number of pyridine rings is 1. The van der Waals surface area contributed by atoms with E-state index in [1.54, 1.807) is 29.8 Å².